The third-order valence-electron chi connectivity index (χ3n) is 5.56. The van der Waals surface area contributed by atoms with Crippen molar-refractivity contribution < 1.29 is 9.90 Å². The monoisotopic (exact) mass is 366 g/mol. The number of hydrogen-bond donors (Lipinski definition) is 1. The molecule has 0 bridgehead atoms. The third-order valence-corrected chi connectivity index (χ3v) is 5.56. The van der Waals surface area contributed by atoms with Crippen LogP contribution in [0.1, 0.15) is 49.4 Å². The Balaban J connectivity index is 1.81. The number of nitrogens with zero attached hydrogens (tertiary/aromatic N) is 2. The molecule has 1 N–H and O–H groups in total. The van der Waals surface area contributed by atoms with Crippen LogP contribution in [0, 0.1) is 6.92 Å². The molecular formula is C23H30N2O2. The molecule has 0 saturated carbocycles. The Bertz CT molecular complexity index is 806. The summed E-state index contributed by atoms with van der Waals surface area (Å²) < 4.78 is 2.28. The SMILES string of the molecule is CCn1cccc1C(=CCCN1CCC[C@H]1CC(=O)O)c1ccccc1C. The van der Waals surface area contributed by atoms with E-state index >= 15 is 0 Å². The van der Waals surface area contributed by atoms with Crippen LogP contribution in [-0.2, 0) is 11.3 Å². The molecule has 0 radical (unpaired) electrons. The quantitative estimate of drug-likeness (QED) is 0.744. The number of rotatable bonds is 8. The Hall–Kier alpha value is -2.33. The minimum atomic E-state index is -0.691. The second-order valence-corrected chi connectivity index (χ2v) is 7.33. The van der Waals surface area contributed by atoms with E-state index in [9.17, 15) is 4.79 Å². The minimum absolute atomic E-state index is 0.192. The number of carboxylic acid groups (broad SMARTS) is 1. The van der Waals surface area contributed by atoms with Gasteiger partial charge in [-0.2, -0.15) is 0 Å². The Labute approximate surface area is 162 Å². The fourth-order valence-corrected chi connectivity index (χ4v) is 4.16. The summed E-state index contributed by atoms with van der Waals surface area (Å²) in [4.78, 5) is 13.4. The number of likely N-dealkylation sites (tertiary alicyclic amines) is 1. The van der Waals surface area contributed by atoms with E-state index in [-0.39, 0.29) is 12.5 Å². The van der Waals surface area contributed by atoms with E-state index in [1.165, 1.54) is 22.4 Å². The highest BCUT2D eigenvalue weighted by Crippen LogP contribution is 2.28. The molecule has 1 aromatic carbocycles. The molecule has 1 fully saturated rings. The molecule has 4 nitrogen and oxygen atoms in total. The zero-order chi connectivity index (χ0) is 19.2. The molecule has 0 unspecified atom stereocenters. The summed E-state index contributed by atoms with van der Waals surface area (Å²) in [5.74, 6) is -0.691. The Morgan fingerprint density at radius 3 is 2.81 bits per heavy atom. The molecule has 144 valence electrons. The summed E-state index contributed by atoms with van der Waals surface area (Å²) in [5.41, 5.74) is 5.07. The van der Waals surface area contributed by atoms with Crippen LogP contribution in [0.5, 0.6) is 0 Å². The maximum absolute atomic E-state index is 11.1. The van der Waals surface area contributed by atoms with E-state index < -0.39 is 5.97 Å². The fraction of sp³-hybridized carbons (Fsp3) is 0.435. The summed E-state index contributed by atoms with van der Waals surface area (Å²) >= 11 is 0. The number of hydrogen-bond acceptors (Lipinski definition) is 2. The van der Waals surface area contributed by atoms with E-state index in [2.05, 4.69) is 72.0 Å². The summed E-state index contributed by atoms with van der Waals surface area (Å²) in [5, 5.41) is 9.13. The van der Waals surface area contributed by atoms with Crippen molar-refractivity contribution in [3.63, 3.8) is 0 Å². The highest BCUT2D eigenvalue weighted by molar-refractivity contribution is 5.80. The van der Waals surface area contributed by atoms with Gasteiger partial charge in [-0.05, 0) is 62.9 Å². The number of aliphatic carboxylic acids is 1. The first-order chi connectivity index (χ1) is 13.1. The summed E-state index contributed by atoms with van der Waals surface area (Å²) in [6.07, 6.45) is 7.75. The van der Waals surface area contributed by atoms with Gasteiger partial charge in [0.15, 0.2) is 0 Å². The number of aryl methyl sites for hydroxylation is 2. The van der Waals surface area contributed by atoms with Crippen LogP contribution in [0.2, 0.25) is 0 Å². The number of carboxylic acids is 1. The molecule has 0 spiro atoms. The van der Waals surface area contributed by atoms with Gasteiger partial charge in [-0.15, -0.1) is 0 Å². The largest absolute Gasteiger partial charge is 0.481 e. The van der Waals surface area contributed by atoms with Crippen molar-refractivity contribution >= 4 is 11.5 Å². The van der Waals surface area contributed by atoms with Gasteiger partial charge in [-0.3, -0.25) is 9.69 Å². The lowest BCUT2D eigenvalue weighted by atomic mass is 9.97. The topological polar surface area (TPSA) is 45.5 Å². The normalized spacial score (nSPS) is 18.1. The first-order valence-corrected chi connectivity index (χ1v) is 9.97. The second kappa shape index (κ2) is 9.05. The smallest absolute Gasteiger partial charge is 0.304 e. The number of aromatic nitrogens is 1. The van der Waals surface area contributed by atoms with Gasteiger partial charge >= 0.3 is 5.97 Å². The van der Waals surface area contributed by atoms with Crippen LogP contribution in [-0.4, -0.2) is 39.7 Å². The van der Waals surface area contributed by atoms with Crippen molar-refractivity contribution in [3.8, 4) is 0 Å². The van der Waals surface area contributed by atoms with Crippen molar-refractivity contribution in [3.05, 3.63) is 65.5 Å². The molecule has 4 heteroatoms. The summed E-state index contributed by atoms with van der Waals surface area (Å²) in [6, 6.07) is 13.0. The van der Waals surface area contributed by atoms with Crippen molar-refractivity contribution in [2.24, 2.45) is 0 Å². The average Bonchev–Trinajstić information content (AvgIpc) is 3.28. The molecule has 2 aromatic rings. The van der Waals surface area contributed by atoms with Crippen molar-refractivity contribution in [2.45, 2.75) is 52.1 Å². The van der Waals surface area contributed by atoms with Gasteiger partial charge < -0.3 is 9.67 Å². The second-order valence-electron chi connectivity index (χ2n) is 7.33. The van der Waals surface area contributed by atoms with Crippen LogP contribution >= 0.6 is 0 Å². The molecular weight excluding hydrogens is 336 g/mol. The van der Waals surface area contributed by atoms with E-state index in [0.29, 0.717) is 0 Å². The summed E-state index contributed by atoms with van der Waals surface area (Å²) in [7, 11) is 0. The Morgan fingerprint density at radius 1 is 1.26 bits per heavy atom. The maximum atomic E-state index is 11.1. The lowest BCUT2D eigenvalue weighted by molar-refractivity contribution is -0.138. The molecule has 1 aromatic heterocycles. The first-order valence-electron chi connectivity index (χ1n) is 9.97. The van der Waals surface area contributed by atoms with E-state index in [0.717, 1.165) is 38.9 Å². The predicted molar refractivity (Wildman–Crippen MR) is 110 cm³/mol. The molecule has 1 saturated heterocycles. The molecule has 0 aliphatic carbocycles. The zero-order valence-corrected chi connectivity index (χ0v) is 16.4. The van der Waals surface area contributed by atoms with Gasteiger partial charge in [0.05, 0.1) is 6.42 Å². The molecule has 3 rings (SSSR count). The van der Waals surface area contributed by atoms with Gasteiger partial charge in [0.1, 0.15) is 0 Å². The van der Waals surface area contributed by atoms with Gasteiger partial charge in [0, 0.05) is 36.6 Å². The van der Waals surface area contributed by atoms with Crippen LogP contribution in [0.15, 0.2) is 48.7 Å². The van der Waals surface area contributed by atoms with Crippen LogP contribution < -0.4 is 0 Å². The lowest BCUT2D eigenvalue weighted by Gasteiger charge is -2.22. The zero-order valence-electron chi connectivity index (χ0n) is 16.4. The van der Waals surface area contributed by atoms with Crippen LogP contribution in [0.3, 0.4) is 0 Å². The highest BCUT2D eigenvalue weighted by Gasteiger charge is 2.25. The van der Waals surface area contributed by atoms with Gasteiger partial charge in [-0.25, -0.2) is 0 Å². The standard InChI is InChI=1S/C23H30N2O2/c1-3-24-14-8-13-22(24)21(20-11-5-4-9-18(20)2)12-7-16-25-15-6-10-19(25)17-23(26)27/h4-5,8-9,11-14,19H,3,6-7,10,15-17H2,1-2H3,(H,26,27)/t19-/m0/s1. The average molecular weight is 367 g/mol. The van der Waals surface area contributed by atoms with Gasteiger partial charge in [0.25, 0.3) is 0 Å². The van der Waals surface area contributed by atoms with E-state index in [1.54, 1.807) is 0 Å². The van der Waals surface area contributed by atoms with Gasteiger partial charge in [0.2, 0.25) is 0 Å². The minimum Gasteiger partial charge on any atom is -0.481 e. The fourth-order valence-electron chi connectivity index (χ4n) is 4.16. The summed E-state index contributed by atoms with van der Waals surface area (Å²) in [6.45, 7) is 7.20. The van der Waals surface area contributed by atoms with Crippen molar-refractivity contribution in [2.75, 3.05) is 13.1 Å². The third kappa shape index (κ3) is 4.69. The molecule has 1 atom stereocenters. The first kappa shape index (κ1) is 19.4. The van der Waals surface area contributed by atoms with E-state index in [1.807, 2.05) is 0 Å². The van der Waals surface area contributed by atoms with Crippen molar-refractivity contribution in [1.29, 1.82) is 0 Å². The molecule has 0 amide bonds. The lowest BCUT2D eigenvalue weighted by Crippen LogP contribution is -2.32. The predicted octanol–water partition coefficient (Wildman–Crippen LogP) is 4.58. The highest BCUT2D eigenvalue weighted by atomic mass is 16.4. The Morgan fingerprint density at radius 2 is 2.07 bits per heavy atom. The van der Waals surface area contributed by atoms with Crippen LogP contribution in [0.25, 0.3) is 5.57 Å². The Kier molecular flexibility index (Phi) is 6.51. The van der Waals surface area contributed by atoms with Crippen molar-refractivity contribution in [1.82, 2.24) is 9.47 Å². The van der Waals surface area contributed by atoms with Gasteiger partial charge in [-0.1, -0.05) is 30.3 Å². The number of benzene rings is 1. The maximum Gasteiger partial charge on any atom is 0.304 e. The molecule has 27 heavy (non-hydrogen) atoms. The molecule has 2 heterocycles. The van der Waals surface area contributed by atoms with Crippen LogP contribution in [0.4, 0.5) is 0 Å². The molecule has 1 aliphatic rings. The van der Waals surface area contributed by atoms with E-state index in [4.69, 9.17) is 5.11 Å². The number of carbonyl (C=O) groups is 1. The molecule has 1 aliphatic heterocycles.